The third-order valence-electron chi connectivity index (χ3n) is 3.70. The zero-order valence-corrected chi connectivity index (χ0v) is 14.7. The van der Waals surface area contributed by atoms with Crippen molar-refractivity contribution in [2.45, 2.75) is 13.1 Å². The Kier molecular flexibility index (Phi) is 5.04. The fourth-order valence-corrected chi connectivity index (χ4v) is 3.37. The van der Waals surface area contributed by atoms with Crippen LogP contribution in [0.25, 0.3) is 10.4 Å². The van der Waals surface area contributed by atoms with Crippen molar-refractivity contribution in [3.8, 4) is 10.4 Å². The van der Waals surface area contributed by atoms with E-state index in [0.717, 1.165) is 23.5 Å². The Bertz CT molecular complexity index is 1020. The molecule has 27 heavy (non-hydrogen) atoms. The molecule has 1 aromatic carbocycles. The van der Waals surface area contributed by atoms with Crippen molar-refractivity contribution in [1.82, 2.24) is 9.97 Å². The van der Waals surface area contributed by atoms with Crippen LogP contribution in [0.1, 0.15) is 32.0 Å². The molecule has 0 unspecified atom stereocenters. The van der Waals surface area contributed by atoms with Crippen LogP contribution in [0.4, 0.5) is 18.3 Å². The topological polar surface area (TPSA) is 72.0 Å². The van der Waals surface area contributed by atoms with E-state index in [9.17, 15) is 22.8 Å². The second kappa shape index (κ2) is 7.28. The molecule has 2 heterocycles. The Labute approximate surface area is 155 Å². The molecule has 0 spiro atoms. The van der Waals surface area contributed by atoms with Gasteiger partial charge >= 0.3 is 6.18 Å². The highest BCUT2D eigenvalue weighted by molar-refractivity contribution is 7.19. The van der Waals surface area contributed by atoms with E-state index in [1.54, 1.807) is 13.0 Å². The summed E-state index contributed by atoms with van der Waals surface area (Å²) < 4.78 is 38.8. The lowest BCUT2D eigenvalue weighted by Gasteiger charge is -2.07. The predicted molar refractivity (Wildman–Crippen MR) is 94.9 cm³/mol. The van der Waals surface area contributed by atoms with Crippen LogP contribution in [0.3, 0.4) is 0 Å². The molecule has 0 saturated heterocycles. The summed E-state index contributed by atoms with van der Waals surface area (Å²) in [4.78, 5) is 31.9. The number of halogens is 3. The summed E-state index contributed by atoms with van der Waals surface area (Å²) in [5, 5.41) is 2.77. The highest BCUT2D eigenvalue weighted by atomic mass is 32.1. The van der Waals surface area contributed by atoms with Gasteiger partial charge in [-0.2, -0.15) is 13.2 Å². The number of aryl methyl sites for hydroxylation is 1. The molecule has 0 aliphatic rings. The van der Waals surface area contributed by atoms with Gasteiger partial charge in [-0.3, -0.25) is 19.9 Å². The average Bonchev–Trinajstić information content (AvgIpc) is 3.01. The van der Waals surface area contributed by atoms with Crippen molar-refractivity contribution in [2.24, 2.45) is 0 Å². The second-order valence-corrected chi connectivity index (χ2v) is 6.55. The molecule has 3 aromatic rings. The zero-order chi connectivity index (χ0) is 19.6. The third kappa shape index (κ3) is 4.03. The van der Waals surface area contributed by atoms with Crippen LogP contribution in [-0.4, -0.2) is 22.2 Å². The lowest BCUT2D eigenvalue weighted by atomic mass is 10.1. The molecule has 9 heteroatoms. The molecule has 138 valence electrons. The van der Waals surface area contributed by atoms with Gasteiger partial charge in [-0.1, -0.05) is 23.5 Å². The van der Waals surface area contributed by atoms with Crippen molar-refractivity contribution in [1.29, 1.82) is 0 Å². The Morgan fingerprint density at radius 3 is 2.74 bits per heavy atom. The normalized spacial score (nSPS) is 11.3. The maximum absolute atomic E-state index is 12.9. The predicted octanol–water partition coefficient (Wildman–Crippen LogP) is 4.60. The maximum Gasteiger partial charge on any atom is 0.416 e. The summed E-state index contributed by atoms with van der Waals surface area (Å²) in [5.41, 5.74) is 0.339. The smallest absolute Gasteiger partial charge is 0.298 e. The van der Waals surface area contributed by atoms with Crippen LogP contribution in [0.15, 0.2) is 42.7 Å². The van der Waals surface area contributed by atoms with Crippen molar-refractivity contribution >= 4 is 28.7 Å². The van der Waals surface area contributed by atoms with Crippen molar-refractivity contribution in [2.75, 3.05) is 5.32 Å². The molecule has 0 fully saturated rings. The molecule has 0 aliphatic heterocycles. The summed E-state index contributed by atoms with van der Waals surface area (Å²) in [7, 11) is 0. The number of aldehydes is 1. The van der Waals surface area contributed by atoms with E-state index < -0.39 is 17.6 Å². The minimum atomic E-state index is -4.45. The van der Waals surface area contributed by atoms with Crippen molar-refractivity contribution < 1.29 is 22.8 Å². The minimum Gasteiger partial charge on any atom is -0.298 e. The Hall–Kier alpha value is -3.07. The van der Waals surface area contributed by atoms with Gasteiger partial charge in [-0.15, -0.1) is 0 Å². The first-order valence-corrected chi connectivity index (χ1v) is 8.47. The molecular formula is C18H12F3N3O2S. The van der Waals surface area contributed by atoms with E-state index in [2.05, 4.69) is 15.3 Å². The number of alkyl halides is 3. The van der Waals surface area contributed by atoms with E-state index in [4.69, 9.17) is 0 Å². The number of carbonyl (C=O) groups excluding carboxylic acids is 2. The molecular weight excluding hydrogens is 379 g/mol. The summed E-state index contributed by atoms with van der Waals surface area (Å²) in [5.74, 6) is -0.574. The van der Waals surface area contributed by atoms with Crippen LogP contribution < -0.4 is 5.32 Å². The largest absolute Gasteiger partial charge is 0.416 e. The molecule has 2 aromatic heterocycles. The van der Waals surface area contributed by atoms with Gasteiger partial charge in [0, 0.05) is 18.0 Å². The summed E-state index contributed by atoms with van der Waals surface area (Å²) >= 11 is 1.05. The van der Waals surface area contributed by atoms with Crippen molar-refractivity contribution in [3.05, 3.63) is 65.1 Å². The molecule has 0 atom stereocenters. The zero-order valence-electron chi connectivity index (χ0n) is 13.9. The number of anilines is 1. The molecule has 0 aliphatic carbocycles. The van der Waals surface area contributed by atoms with Gasteiger partial charge in [0.15, 0.2) is 11.4 Å². The first kappa shape index (κ1) is 18.7. The van der Waals surface area contributed by atoms with Gasteiger partial charge in [0.25, 0.3) is 5.91 Å². The SMILES string of the molecule is Cc1nc(NC(=O)c2cnccc2C=O)sc1-c1cccc(C(F)(F)F)c1. The molecule has 5 nitrogen and oxygen atoms in total. The number of hydrogen-bond acceptors (Lipinski definition) is 5. The maximum atomic E-state index is 12.9. The van der Waals surface area contributed by atoms with Crippen LogP contribution >= 0.6 is 11.3 Å². The van der Waals surface area contributed by atoms with Gasteiger partial charge in [0.1, 0.15) is 0 Å². The van der Waals surface area contributed by atoms with Crippen LogP contribution in [-0.2, 0) is 6.18 Å². The fourth-order valence-electron chi connectivity index (χ4n) is 2.42. The molecule has 1 N–H and O–H groups in total. The van der Waals surface area contributed by atoms with E-state index in [1.807, 2.05) is 0 Å². The lowest BCUT2D eigenvalue weighted by Crippen LogP contribution is -2.14. The van der Waals surface area contributed by atoms with E-state index >= 15 is 0 Å². The number of carbonyl (C=O) groups is 2. The standard InChI is InChI=1S/C18H12F3N3O2S/c1-10-15(11-3-2-4-13(7-11)18(19,20)21)27-17(23-10)24-16(26)14-8-22-6-5-12(14)9-25/h2-9H,1H3,(H,23,24,26). The number of benzene rings is 1. The van der Waals surface area contributed by atoms with Gasteiger partial charge in [-0.05, 0) is 30.7 Å². The number of aromatic nitrogens is 2. The Morgan fingerprint density at radius 1 is 1.26 bits per heavy atom. The van der Waals surface area contributed by atoms with Crippen molar-refractivity contribution in [3.63, 3.8) is 0 Å². The Balaban J connectivity index is 1.89. The first-order valence-electron chi connectivity index (χ1n) is 7.65. The second-order valence-electron chi connectivity index (χ2n) is 5.55. The number of nitrogens with one attached hydrogen (secondary N) is 1. The molecule has 0 bridgehead atoms. The number of hydrogen-bond donors (Lipinski definition) is 1. The third-order valence-corrected chi connectivity index (χ3v) is 4.82. The molecule has 0 saturated carbocycles. The van der Waals surface area contributed by atoms with E-state index in [-0.39, 0.29) is 16.3 Å². The van der Waals surface area contributed by atoms with Crippen LogP contribution in [0.5, 0.6) is 0 Å². The number of rotatable bonds is 4. The van der Waals surface area contributed by atoms with Gasteiger partial charge in [0.2, 0.25) is 0 Å². The highest BCUT2D eigenvalue weighted by Gasteiger charge is 2.30. The van der Waals surface area contributed by atoms with Gasteiger partial charge in [-0.25, -0.2) is 4.98 Å². The van der Waals surface area contributed by atoms with Crippen LogP contribution in [0.2, 0.25) is 0 Å². The quantitative estimate of drug-likeness (QED) is 0.660. The van der Waals surface area contributed by atoms with Gasteiger partial charge in [0.05, 0.1) is 21.7 Å². The molecule has 1 amide bonds. The number of amides is 1. The summed E-state index contributed by atoms with van der Waals surface area (Å²) in [6, 6.07) is 6.31. The molecule has 0 radical (unpaired) electrons. The fraction of sp³-hybridized carbons (Fsp3) is 0.111. The minimum absolute atomic E-state index is 0.0842. The average molecular weight is 391 g/mol. The number of thiazole rings is 1. The van der Waals surface area contributed by atoms with E-state index in [1.165, 1.54) is 24.5 Å². The number of nitrogens with zero attached hydrogens (tertiary/aromatic N) is 2. The highest BCUT2D eigenvalue weighted by Crippen LogP contribution is 2.36. The summed E-state index contributed by atoms with van der Waals surface area (Å²) in [6.07, 6.45) is -1.26. The van der Waals surface area contributed by atoms with Gasteiger partial charge < -0.3 is 0 Å². The van der Waals surface area contributed by atoms with E-state index in [0.29, 0.717) is 22.4 Å². The first-order chi connectivity index (χ1) is 12.8. The lowest BCUT2D eigenvalue weighted by molar-refractivity contribution is -0.137. The molecule has 3 rings (SSSR count). The monoisotopic (exact) mass is 391 g/mol. The van der Waals surface area contributed by atoms with Crippen LogP contribution in [0, 0.1) is 6.92 Å². The summed E-state index contributed by atoms with van der Waals surface area (Å²) in [6.45, 7) is 1.64. The Morgan fingerprint density at radius 2 is 2.04 bits per heavy atom. The number of pyridine rings is 1.